The van der Waals surface area contributed by atoms with E-state index in [1.165, 1.54) is 0 Å². The summed E-state index contributed by atoms with van der Waals surface area (Å²) in [7, 11) is 0. The van der Waals surface area contributed by atoms with Crippen LogP contribution >= 0.6 is 0 Å². The summed E-state index contributed by atoms with van der Waals surface area (Å²) in [6, 6.07) is 11.2. The van der Waals surface area contributed by atoms with Crippen molar-refractivity contribution in [2.45, 2.75) is 6.42 Å². The molecule has 0 saturated carbocycles. The smallest absolute Gasteiger partial charge is 0.309 e. The zero-order valence-corrected chi connectivity index (χ0v) is 11.7. The van der Waals surface area contributed by atoms with Crippen molar-refractivity contribution >= 4 is 5.97 Å². The second-order valence-electron chi connectivity index (χ2n) is 4.74. The highest BCUT2D eigenvalue weighted by Crippen LogP contribution is 2.25. The SMILES string of the molecule is O=C(O)Cc1nc(-c2cccnc2)ccc1-c1cccnc1. The van der Waals surface area contributed by atoms with Crippen molar-refractivity contribution in [3.63, 3.8) is 0 Å². The molecule has 3 aromatic rings. The van der Waals surface area contributed by atoms with Crippen LogP contribution in [0.1, 0.15) is 5.69 Å². The molecule has 5 heteroatoms. The molecule has 0 aromatic carbocycles. The van der Waals surface area contributed by atoms with E-state index in [-0.39, 0.29) is 6.42 Å². The van der Waals surface area contributed by atoms with Crippen LogP contribution < -0.4 is 0 Å². The van der Waals surface area contributed by atoms with E-state index in [1.807, 2.05) is 36.4 Å². The molecule has 3 heterocycles. The van der Waals surface area contributed by atoms with Gasteiger partial charge in [-0.05, 0) is 24.3 Å². The summed E-state index contributed by atoms with van der Waals surface area (Å²) in [5.41, 5.74) is 3.71. The van der Waals surface area contributed by atoms with E-state index in [0.29, 0.717) is 11.4 Å². The Bertz CT molecular complexity index is 790. The molecule has 0 spiro atoms. The molecule has 3 aromatic heterocycles. The number of carboxylic acids is 1. The van der Waals surface area contributed by atoms with Gasteiger partial charge in [-0.1, -0.05) is 12.1 Å². The first-order chi connectivity index (χ1) is 10.7. The van der Waals surface area contributed by atoms with Gasteiger partial charge < -0.3 is 5.11 Å². The molecule has 0 radical (unpaired) electrons. The molecule has 0 unspecified atom stereocenters. The van der Waals surface area contributed by atoms with Crippen LogP contribution in [0.3, 0.4) is 0 Å². The average molecular weight is 291 g/mol. The van der Waals surface area contributed by atoms with Crippen molar-refractivity contribution in [1.29, 1.82) is 0 Å². The molecular weight excluding hydrogens is 278 g/mol. The second kappa shape index (κ2) is 6.13. The van der Waals surface area contributed by atoms with Crippen LogP contribution in [-0.2, 0) is 11.2 Å². The summed E-state index contributed by atoms with van der Waals surface area (Å²) in [6.07, 6.45) is 6.63. The fourth-order valence-electron chi connectivity index (χ4n) is 2.24. The molecule has 0 atom stereocenters. The lowest BCUT2D eigenvalue weighted by atomic mass is 10.0. The van der Waals surface area contributed by atoms with E-state index < -0.39 is 5.97 Å². The molecule has 0 aliphatic carbocycles. The van der Waals surface area contributed by atoms with Gasteiger partial charge >= 0.3 is 5.97 Å². The van der Waals surface area contributed by atoms with Gasteiger partial charge in [0.15, 0.2) is 0 Å². The lowest BCUT2D eigenvalue weighted by Gasteiger charge is -2.09. The average Bonchev–Trinajstić information content (AvgIpc) is 2.56. The summed E-state index contributed by atoms with van der Waals surface area (Å²) in [6.45, 7) is 0. The molecule has 5 nitrogen and oxygen atoms in total. The highest BCUT2D eigenvalue weighted by molar-refractivity contribution is 5.76. The number of aromatic nitrogens is 3. The van der Waals surface area contributed by atoms with E-state index in [4.69, 9.17) is 5.11 Å². The van der Waals surface area contributed by atoms with Crippen LogP contribution in [0, 0.1) is 0 Å². The van der Waals surface area contributed by atoms with Gasteiger partial charge in [0.2, 0.25) is 0 Å². The Kier molecular flexibility index (Phi) is 3.87. The quantitative estimate of drug-likeness (QED) is 0.800. The Balaban J connectivity index is 2.10. The first-order valence-electron chi connectivity index (χ1n) is 6.76. The van der Waals surface area contributed by atoms with Gasteiger partial charge in [0.1, 0.15) is 0 Å². The number of carbonyl (C=O) groups is 1. The third-order valence-corrected chi connectivity index (χ3v) is 3.22. The van der Waals surface area contributed by atoms with Gasteiger partial charge in [0, 0.05) is 41.5 Å². The maximum Gasteiger partial charge on any atom is 0.309 e. The fourth-order valence-corrected chi connectivity index (χ4v) is 2.24. The minimum absolute atomic E-state index is 0.141. The van der Waals surface area contributed by atoms with Crippen molar-refractivity contribution < 1.29 is 9.90 Å². The predicted molar refractivity (Wildman–Crippen MR) is 82.0 cm³/mol. The lowest BCUT2D eigenvalue weighted by Crippen LogP contribution is -2.05. The molecule has 3 rings (SSSR count). The molecule has 0 aliphatic rings. The summed E-state index contributed by atoms with van der Waals surface area (Å²) >= 11 is 0. The van der Waals surface area contributed by atoms with Crippen LogP contribution in [0.25, 0.3) is 22.4 Å². The number of hydrogen-bond donors (Lipinski definition) is 1. The third kappa shape index (κ3) is 2.98. The maximum absolute atomic E-state index is 11.1. The highest BCUT2D eigenvalue weighted by atomic mass is 16.4. The summed E-state index contributed by atoms with van der Waals surface area (Å²) < 4.78 is 0. The van der Waals surface area contributed by atoms with E-state index in [9.17, 15) is 4.79 Å². The monoisotopic (exact) mass is 291 g/mol. The van der Waals surface area contributed by atoms with E-state index in [1.54, 1.807) is 24.8 Å². The van der Waals surface area contributed by atoms with Gasteiger partial charge in [0.25, 0.3) is 0 Å². The Morgan fingerprint density at radius 2 is 1.64 bits per heavy atom. The van der Waals surface area contributed by atoms with E-state index in [0.717, 1.165) is 16.7 Å². The number of rotatable bonds is 4. The molecular formula is C17H13N3O2. The normalized spacial score (nSPS) is 10.4. The van der Waals surface area contributed by atoms with Crippen LogP contribution in [0.4, 0.5) is 0 Å². The molecule has 0 fully saturated rings. The number of pyridine rings is 3. The number of aliphatic carboxylic acids is 1. The van der Waals surface area contributed by atoms with Crippen molar-refractivity contribution in [3.8, 4) is 22.4 Å². The summed E-state index contributed by atoms with van der Waals surface area (Å²) in [4.78, 5) is 23.8. The largest absolute Gasteiger partial charge is 0.481 e. The van der Waals surface area contributed by atoms with Crippen molar-refractivity contribution in [1.82, 2.24) is 15.0 Å². The van der Waals surface area contributed by atoms with E-state index >= 15 is 0 Å². The van der Waals surface area contributed by atoms with E-state index in [2.05, 4.69) is 15.0 Å². The summed E-state index contributed by atoms with van der Waals surface area (Å²) in [5, 5.41) is 9.13. The predicted octanol–water partition coefficient (Wildman–Crippen LogP) is 2.83. The van der Waals surface area contributed by atoms with Crippen molar-refractivity contribution in [2.75, 3.05) is 0 Å². The van der Waals surface area contributed by atoms with Gasteiger partial charge in [0.05, 0.1) is 17.8 Å². The Labute approximate surface area is 127 Å². The van der Waals surface area contributed by atoms with Gasteiger partial charge in [-0.25, -0.2) is 0 Å². The first kappa shape index (κ1) is 13.9. The zero-order valence-electron chi connectivity index (χ0n) is 11.7. The Hall–Kier alpha value is -3.08. The molecule has 0 aliphatic heterocycles. The summed E-state index contributed by atoms with van der Waals surface area (Å²) in [5.74, 6) is -0.916. The zero-order chi connectivity index (χ0) is 15.4. The molecule has 0 bridgehead atoms. The van der Waals surface area contributed by atoms with Crippen LogP contribution in [0.5, 0.6) is 0 Å². The molecule has 0 amide bonds. The number of hydrogen-bond acceptors (Lipinski definition) is 4. The third-order valence-electron chi connectivity index (χ3n) is 3.22. The van der Waals surface area contributed by atoms with Gasteiger partial charge in [-0.15, -0.1) is 0 Å². The second-order valence-corrected chi connectivity index (χ2v) is 4.74. The van der Waals surface area contributed by atoms with Crippen LogP contribution in [0.15, 0.2) is 61.2 Å². The highest BCUT2D eigenvalue weighted by Gasteiger charge is 2.12. The van der Waals surface area contributed by atoms with Crippen molar-refractivity contribution in [3.05, 3.63) is 66.9 Å². The van der Waals surface area contributed by atoms with Crippen LogP contribution in [0.2, 0.25) is 0 Å². The molecule has 0 saturated heterocycles. The molecule has 1 N–H and O–H groups in total. The first-order valence-corrected chi connectivity index (χ1v) is 6.76. The topological polar surface area (TPSA) is 76.0 Å². The minimum atomic E-state index is -0.916. The van der Waals surface area contributed by atoms with Gasteiger partial charge in [-0.3, -0.25) is 19.7 Å². The lowest BCUT2D eigenvalue weighted by molar-refractivity contribution is -0.136. The standard InChI is InChI=1S/C17H13N3O2/c21-17(22)9-16-14(12-3-1-7-18-10-12)5-6-15(20-16)13-4-2-8-19-11-13/h1-8,10-11H,9H2,(H,21,22). The number of carboxylic acid groups (broad SMARTS) is 1. The van der Waals surface area contributed by atoms with Gasteiger partial charge in [-0.2, -0.15) is 0 Å². The Morgan fingerprint density at radius 3 is 2.23 bits per heavy atom. The van der Waals surface area contributed by atoms with Crippen LogP contribution in [-0.4, -0.2) is 26.0 Å². The van der Waals surface area contributed by atoms with Crippen molar-refractivity contribution in [2.24, 2.45) is 0 Å². The maximum atomic E-state index is 11.1. The molecule has 22 heavy (non-hydrogen) atoms. The molecule has 108 valence electrons. The number of nitrogens with zero attached hydrogens (tertiary/aromatic N) is 3. The fraction of sp³-hybridized carbons (Fsp3) is 0.0588. The Morgan fingerprint density at radius 1 is 0.955 bits per heavy atom. The minimum Gasteiger partial charge on any atom is -0.481 e.